The lowest BCUT2D eigenvalue weighted by Gasteiger charge is -2.37. The van der Waals surface area contributed by atoms with Gasteiger partial charge in [0.25, 0.3) is 0 Å². The first-order chi connectivity index (χ1) is 8.48. The summed E-state index contributed by atoms with van der Waals surface area (Å²) in [4.78, 5) is 2.59. The third kappa shape index (κ3) is 5.25. The molecule has 1 N–H and O–H groups in total. The molecule has 0 amide bonds. The van der Waals surface area contributed by atoms with Crippen molar-refractivity contribution in [2.75, 3.05) is 26.2 Å². The molecule has 0 spiro atoms. The monoisotopic (exact) mass is 256 g/mol. The van der Waals surface area contributed by atoms with Gasteiger partial charge in [0.05, 0.1) is 6.10 Å². The fourth-order valence-electron chi connectivity index (χ4n) is 2.40. The highest BCUT2D eigenvalue weighted by atomic mass is 16.5. The maximum Gasteiger partial charge on any atom is 0.0599 e. The van der Waals surface area contributed by atoms with Gasteiger partial charge in [-0.2, -0.15) is 0 Å². The van der Waals surface area contributed by atoms with Crippen LogP contribution >= 0.6 is 0 Å². The molecular formula is C15H32N2O. The van der Waals surface area contributed by atoms with Crippen LogP contribution in [0.2, 0.25) is 0 Å². The van der Waals surface area contributed by atoms with Crippen molar-refractivity contribution in [2.24, 2.45) is 0 Å². The molecule has 1 atom stereocenters. The summed E-state index contributed by atoms with van der Waals surface area (Å²) in [6.45, 7) is 15.5. The number of rotatable bonds is 7. The van der Waals surface area contributed by atoms with Crippen LogP contribution in [0.1, 0.15) is 53.9 Å². The zero-order valence-corrected chi connectivity index (χ0v) is 13.0. The zero-order chi connectivity index (χ0) is 13.6. The molecule has 0 radical (unpaired) electrons. The largest absolute Gasteiger partial charge is 0.378 e. The molecule has 0 saturated carbocycles. The average molecular weight is 256 g/mol. The topological polar surface area (TPSA) is 24.5 Å². The number of piperidine rings is 1. The van der Waals surface area contributed by atoms with Crippen LogP contribution in [0.3, 0.4) is 0 Å². The molecule has 0 aromatic rings. The Hall–Kier alpha value is -0.120. The van der Waals surface area contributed by atoms with Gasteiger partial charge in [0.2, 0.25) is 0 Å². The quantitative estimate of drug-likeness (QED) is 0.758. The Morgan fingerprint density at radius 3 is 2.39 bits per heavy atom. The van der Waals surface area contributed by atoms with Gasteiger partial charge in [0.15, 0.2) is 0 Å². The van der Waals surface area contributed by atoms with E-state index in [-0.39, 0.29) is 5.54 Å². The third-order valence-corrected chi connectivity index (χ3v) is 4.26. The fraction of sp³-hybridized carbons (Fsp3) is 1.00. The van der Waals surface area contributed by atoms with Crippen LogP contribution in [0, 0.1) is 0 Å². The van der Waals surface area contributed by atoms with Gasteiger partial charge in [-0.1, -0.05) is 6.92 Å². The van der Waals surface area contributed by atoms with Gasteiger partial charge in [-0.3, -0.25) is 4.90 Å². The minimum Gasteiger partial charge on any atom is -0.378 e. The van der Waals surface area contributed by atoms with Crippen molar-refractivity contribution >= 4 is 0 Å². The average Bonchev–Trinajstić information content (AvgIpc) is 2.37. The molecule has 1 aliphatic heterocycles. The Morgan fingerprint density at radius 1 is 1.28 bits per heavy atom. The lowest BCUT2D eigenvalue weighted by Crippen LogP contribution is -2.50. The first kappa shape index (κ1) is 15.9. The van der Waals surface area contributed by atoms with E-state index in [1.807, 2.05) is 0 Å². The molecule has 0 aliphatic carbocycles. The van der Waals surface area contributed by atoms with E-state index in [1.54, 1.807) is 0 Å². The lowest BCUT2D eigenvalue weighted by atomic mass is 10.0. The maximum absolute atomic E-state index is 5.70. The molecule has 0 bridgehead atoms. The normalized spacial score (nSPS) is 21.2. The molecule has 1 saturated heterocycles. The van der Waals surface area contributed by atoms with E-state index in [2.05, 4.69) is 44.8 Å². The molecule has 1 rings (SSSR count). The predicted molar refractivity (Wildman–Crippen MR) is 78.1 cm³/mol. The van der Waals surface area contributed by atoms with Crippen LogP contribution in [-0.4, -0.2) is 48.8 Å². The second-order valence-electron chi connectivity index (χ2n) is 6.16. The van der Waals surface area contributed by atoms with E-state index in [9.17, 15) is 0 Å². The summed E-state index contributed by atoms with van der Waals surface area (Å²) < 4.78 is 5.70. The van der Waals surface area contributed by atoms with Crippen LogP contribution < -0.4 is 5.32 Å². The number of nitrogens with zero attached hydrogens (tertiary/aromatic N) is 1. The van der Waals surface area contributed by atoms with Crippen molar-refractivity contribution in [3.8, 4) is 0 Å². The number of likely N-dealkylation sites (tertiary alicyclic amines) is 1. The van der Waals surface area contributed by atoms with E-state index in [4.69, 9.17) is 4.74 Å². The van der Waals surface area contributed by atoms with Gasteiger partial charge in [-0.25, -0.2) is 0 Å². The number of hydrogen-bond acceptors (Lipinski definition) is 3. The standard InChI is InChI=1S/C15H32N2O/c1-6-15(4,5)16-12-13(3)17-10-8-14(9-11-17)18-7-2/h13-14,16H,6-12H2,1-5H3. The smallest absolute Gasteiger partial charge is 0.0599 e. The highest BCUT2D eigenvalue weighted by Crippen LogP contribution is 2.16. The van der Waals surface area contributed by atoms with Gasteiger partial charge in [0, 0.05) is 37.8 Å². The molecule has 18 heavy (non-hydrogen) atoms. The van der Waals surface area contributed by atoms with Gasteiger partial charge in [-0.15, -0.1) is 0 Å². The highest BCUT2D eigenvalue weighted by molar-refractivity contribution is 4.82. The fourth-order valence-corrected chi connectivity index (χ4v) is 2.40. The molecule has 1 aliphatic rings. The Bertz CT molecular complexity index is 223. The summed E-state index contributed by atoms with van der Waals surface area (Å²) in [6.07, 6.45) is 4.05. The molecule has 1 unspecified atom stereocenters. The first-order valence-corrected chi connectivity index (χ1v) is 7.59. The molecule has 3 nitrogen and oxygen atoms in total. The van der Waals surface area contributed by atoms with Crippen molar-refractivity contribution < 1.29 is 4.74 Å². The van der Waals surface area contributed by atoms with Crippen molar-refractivity contribution in [1.29, 1.82) is 0 Å². The molecule has 1 fully saturated rings. The van der Waals surface area contributed by atoms with Gasteiger partial charge in [0.1, 0.15) is 0 Å². The van der Waals surface area contributed by atoms with E-state index >= 15 is 0 Å². The van der Waals surface area contributed by atoms with Crippen LogP contribution in [0.25, 0.3) is 0 Å². The highest BCUT2D eigenvalue weighted by Gasteiger charge is 2.24. The van der Waals surface area contributed by atoms with E-state index < -0.39 is 0 Å². The number of nitrogens with one attached hydrogen (secondary N) is 1. The summed E-state index contributed by atoms with van der Waals surface area (Å²) in [5, 5.41) is 3.67. The zero-order valence-electron chi connectivity index (χ0n) is 13.0. The molecule has 0 aromatic carbocycles. The van der Waals surface area contributed by atoms with Gasteiger partial charge in [-0.05, 0) is 47.0 Å². The Labute approximate surface area is 113 Å². The second kappa shape index (κ2) is 7.46. The summed E-state index contributed by atoms with van der Waals surface area (Å²) >= 11 is 0. The summed E-state index contributed by atoms with van der Waals surface area (Å²) in [5.74, 6) is 0. The molecule has 108 valence electrons. The van der Waals surface area contributed by atoms with Gasteiger partial charge >= 0.3 is 0 Å². The van der Waals surface area contributed by atoms with Crippen molar-refractivity contribution in [3.63, 3.8) is 0 Å². The van der Waals surface area contributed by atoms with Crippen molar-refractivity contribution in [3.05, 3.63) is 0 Å². The Morgan fingerprint density at radius 2 is 1.89 bits per heavy atom. The van der Waals surface area contributed by atoms with Crippen LogP contribution in [-0.2, 0) is 4.74 Å². The minimum atomic E-state index is 0.262. The van der Waals surface area contributed by atoms with Crippen molar-refractivity contribution in [2.45, 2.75) is 71.6 Å². The maximum atomic E-state index is 5.70. The van der Waals surface area contributed by atoms with Crippen LogP contribution in [0.15, 0.2) is 0 Å². The lowest BCUT2D eigenvalue weighted by molar-refractivity contribution is 0.00530. The Kier molecular flexibility index (Phi) is 6.61. The molecular weight excluding hydrogens is 224 g/mol. The van der Waals surface area contributed by atoms with Crippen LogP contribution in [0.4, 0.5) is 0 Å². The SMILES string of the molecule is CCOC1CCN(C(C)CNC(C)(C)CC)CC1. The van der Waals surface area contributed by atoms with E-state index in [0.717, 1.165) is 13.2 Å². The first-order valence-electron chi connectivity index (χ1n) is 7.59. The van der Waals surface area contributed by atoms with E-state index in [0.29, 0.717) is 12.1 Å². The third-order valence-electron chi connectivity index (χ3n) is 4.26. The predicted octanol–water partition coefficient (Wildman–Crippen LogP) is 2.65. The summed E-state index contributed by atoms with van der Waals surface area (Å²) in [7, 11) is 0. The second-order valence-corrected chi connectivity index (χ2v) is 6.16. The van der Waals surface area contributed by atoms with Gasteiger partial charge < -0.3 is 10.1 Å². The molecule has 1 heterocycles. The minimum absolute atomic E-state index is 0.262. The number of ether oxygens (including phenoxy) is 1. The summed E-state index contributed by atoms with van der Waals surface area (Å²) in [6, 6.07) is 0.624. The van der Waals surface area contributed by atoms with E-state index in [1.165, 1.54) is 32.4 Å². The Balaban J connectivity index is 2.25. The van der Waals surface area contributed by atoms with Crippen molar-refractivity contribution in [1.82, 2.24) is 10.2 Å². The number of hydrogen-bond donors (Lipinski definition) is 1. The summed E-state index contributed by atoms with van der Waals surface area (Å²) in [5.41, 5.74) is 0.262. The van der Waals surface area contributed by atoms with Crippen LogP contribution in [0.5, 0.6) is 0 Å². The molecule has 0 aromatic heterocycles. The molecule has 3 heteroatoms.